The first kappa shape index (κ1) is 19.9. The molecule has 0 bridgehead atoms. The van der Waals surface area contributed by atoms with Gasteiger partial charge >= 0.3 is 6.03 Å². The van der Waals surface area contributed by atoms with Crippen LogP contribution in [-0.4, -0.2) is 53.4 Å². The number of ether oxygens (including phenoxy) is 1. The van der Waals surface area contributed by atoms with Crippen LogP contribution in [0, 0.1) is 0 Å². The van der Waals surface area contributed by atoms with E-state index >= 15 is 0 Å². The van der Waals surface area contributed by atoms with Crippen molar-refractivity contribution < 1.29 is 9.53 Å². The van der Waals surface area contributed by atoms with Crippen LogP contribution >= 0.6 is 0 Å². The summed E-state index contributed by atoms with van der Waals surface area (Å²) in [5.41, 5.74) is 1.25. The van der Waals surface area contributed by atoms with Crippen LogP contribution in [0.2, 0.25) is 0 Å². The number of amides is 2. The number of aromatic nitrogens is 2. The Morgan fingerprint density at radius 1 is 1.25 bits per heavy atom. The molecular weight excluding hydrogens is 354 g/mol. The van der Waals surface area contributed by atoms with Crippen LogP contribution in [0.25, 0.3) is 0 Å². The average Bonchev–Trinajstić information content (AvgIpc) is 2.74. The van der Waals surface area contributed by atoms with E-state index in [1.165, 1.54) is 5.56 Å². The Hall–Kier alpha value is -2.83. The van der Waals surface area contributed by atoms with Crippen molar-refractivity contribution in [2.75, 3.05) is 25.5 Å². The molecule has 0 spiro atoms. The predicted molar refractivity (Wildman–Crippen MR) is 110 cm³/mol. The zero-order valence-corrected chi connectivity index (χ0v) is 16.6. The molecule has 0 saturated carbocycles. The van der Waals surface area contributed by atoms with Crippen molar-refractivity contribution in [3.8, 4) is 5.75 Å². The van der Waals surface area contributed by atoms with Crippen LogP contribution in [0.3, 0.4) is 0 Å². The molecule has 2 amide bonds. The fraction of sp³-hybridized carbons (Fsp3) is 0.476. The quantitative estimate of drug-likeness (QED) is 0.768. The van der Waals surface area contributed by atoms with Gasteiger partial charge in [0.2, 0.25) is 0 Å². The van der Waals surface area contributed by atoms with Gasteiger partial charge in [0.15, 0.2) is 0 Å². The standard InChI is InChI=1S/C21H29N5O2/c1-16(5-6-17-7-9-19(28-2)10-8-17)23-21(27)26-14-11-18(12-15-26)24-20-4-3-13-22-25-20/h3-4,7-10,13,16,18H,5-6,11-12,14-15H2,1-2H3,(H,23,27)(H,24,25). The fourth-order valence-corrected chi connectivity index (χ4v) is 3.36. The lowest BCUT2D eigenvalue weighted by molar-refractivity contribution is 0.180. The Kier molecular flexibility index (Phi) is 7.06. The highest BCUT2D eigenvalue weighted by molar-refractivity contribution is 5.74. The summed E-state index contributed by atoms with van der Waals surface area (Å²) in [7, 11) is 1.67. The highest BCUT2D eigenvalue weighted by atomic mass is 16.5. The lowest BCUT2D eigenvalue weighted by atomic mass is 10.0. The van der Waals surface area contributed by atoms with Crippen molar-refractivity contribution in [2.45, 2.75) is 44.7 Å². The van der Waals surface area contributed by atoms with Crippen molar-refractivity contribution >= 4 is 11.8 Å². The Labute approximate surface area is 166 Å². The van der Waals surface area contributed by atoms with E-state index in [2.05, 4.69) is 39.9 Å². The van der Waals surface area contributed by atoms with Crippen LogP contribution in [-0.2, 0) is 6.42 Å². The normalized spacial score (nSPS) is 15.7. The van der Waals surface area contributed by atoms with E-state index < -0.39 is 0 Å². The summed E-state index contributed by atoms with van der Waals surface area (Å²) in [5, 5.41) is 14.5. The van der Waals surface area contributed by atoms with Gasteiger partial charge in [0.1, 0.15) is 11.6 Å². The number of carbonyl (C=O) groups is 1. The van der Waals surface area contributed by atoms with Crippen LogP contribution in [0.15, 0.2) is 42.6 Å². The molecule has 1 fully saturated rings. The molecule has 0 radical (unpaired) electrons. The predicted octanol–water partition coefficient (Wildman–Crippen LogP) is 3.09. The number of hydrogen-bond acceptors (Lipinski definition) is 5. The number of urea groups is 1. The van der Waals surface area contributed by atoms with Crippen LogP contribution in [0.4, 0.5) is 10.6 Å². The first-order chi connectivity index (χ1) is 13.6. The number of nitrogens with one attached hydrogen (secondary N) is 2. The molecule has 2 aromatic rings. The Morgan fingerprint density at radius 3 is 2.64 bits per heavy atom. The molecule has 1 aromatic heterocycles. The molecule has 1 unspecified atom stereocenters. The minimum atomic E-state index is 0.0279. The number of nitrogens with zero attached hydrogens (tertiary/aromatic N) is 3. The highest BCUT2D eigenvalue weighted by Crippen LogP contribution is 2.16. The second-order valence-electron chi connectivity index (χ2n) is 7.25. The molecule has 3 rings (SSSR count). The summed E-state index contributed by atoms with van der Waals surface area (Å²) in [4.78, 5) is 14.4. The molecule has 1 atom stereocenters. The second kappa shape index (κ2) is 9.92. The first-order valence-corrected chi connectivity index (χ1v) is 9.86. The van der Waals surface area contributed by atoms with Gasteiger partial charge in [-0.05, 0) is 62.4 Å². The van der Waals surface area contributed by atoms with Gasteiger partial charge in [0, 0.05) is 31.4 Å². The molecule has 1 saturated heterocycles. The van der Waals surface area contributed by atoms with Gasteiger partial charge in [0.05, 0.1) is 7.11 Å². The van der Waals surface area contributed by atoms with E-state index in [1.807, 2.05) is 29.2 Å². The summed E-state index contributed by atoms with van der Waals surface area (Å²) in [6, 6.07) is 12.3. The van der Waals surface area contributed by atoms with Gasteiger partial charge in [-0.2, -0.15) is 5.10 Å². The molecule has 28 heavy (non-hydrogen) atoms. The number of anilines is 1. The first-order valence-electron chi connectivity index (χ1n) is 9.86. The molecule has 7 heteroatoms. The Balaban J connectivity index is 1.37. The summed E-state index contributed by atoms with van der Waals surface area (Å²) in [6.45, 7) is 3.55. The molecule has 7 nitrogen and oxygen atoms in total. The van der Waals surface area contributed by atoms with E-state index in [0.717, 1.165) is 50.3 Å². The number of hydrogen-bond donors (Lipinski definition) is 2. The van der Waals surface area contributed by atoms with Gasteiger partial charge in [0.25, 0.3) is 0 Å². The van der Waals surface area contributed by atoms with Crippen molar-refractivity contribution in [1.82, 2.24) is 20.4 Å². The van der Waals surface area contributed by atoms with E-state index in [9.17, 15) is 4.79 Å². The summed E-state index contributed by atoms with van der Waals surface area (Å²) < 4.78 is 5.18. The lowest BCUT2D eigenvalue weighted by Crippen LogP contribution is -2.49. The fourth-order valence-electron chi connectivity index (χ4n) is 3.36. The number of benzene rings is 1. The van der Waals surface area contributed by atoms with Crippen LogP contribution in [0.5, 0.6) is 5.75 Å². The summed E-state index contributed by atoms with van der Waals surface area (Å²) in [5.74, 6) is 1.65. The Bertz CT molecular complexity index is 730. The molecule has 150 valence electrons. The topological polar surface area (TPSA) is 79.4 Å². The monoisotopic (exact) mass is 383 g/mol. The van der Waals surface area contributed by atoms with E-state index in [-0.39, 0.29) is 12.1 Å². The summed E-state index contributed by atoms with van der Waals surface area (Å²) >= 11 is 0. The van der Waals surface area contributed by atoms with Crippen LogP contribution in [0.1, 0.15) is 31.7 Å². The molecule has 1 aliphatic heterocycles. The van der Waals surface area contributed by atoms with Gasteiger partial charge in [-0.25, -0.2) is 4.79 Å². The largest absolute Gasteiger partial charge is 0.497 e. The number of likely N-dealkylation sites (tertiary alicyclic amines) is 1. The molecular formula is C21H29N5O2. The maximum absolute atomic E-state index is 12.5. The van der Waals surface area contributed by atoms with Gasteiger partial charge in [-0.3, -0.25) is 0 Å². The number of methoxy groups -OCH3 is 1. The highest BCUT2D eigenvalue weighted by Gasteiger charge is 2.23. The van der Waals surface area contributed by atoms with Gasteiger partial charge in [-0.1, -0.05) is 12.1 Å². The maximum atomic E-state index is 12.5. The maximum Gasteiger partial charge on any atom is 0.317 e. The number of carbonyl (C=O) groups excluding carboxylic acids is 1. The third kappa shape index (κ3) is 5.84. The van der Waals surface area contributed by atoms with Gasteiger partial charge < -0.3 is 20.3 Å². The zero-order valence-electron chi connectivity index (χ0n) is 16.6. The van der Waals surface area contributed by atoms with Crippen LogP contribution < -0.4 is 15.4 Å². The molecule has 2 heterocycles. The van der Waals surface area contributed by atoms with Gasteiger partial charge in [-0.15, -0.1) is 5.10 Å². The second-order valence-corrected chi connectivity index (χ2v) is 7.25. The minimum Gasteiger partial charge on any atom is -0.497 e. The molecule has 0 aliphatic carbocycles. The Morgan fingerprint density at radius 2 is 2.00 bits per heavy atom. The van der Waals surface area contributed by atoms with Crippen molar-refractivity contribution in [3.05, 3.63) is 48.2 Å². The number of aryl methyl sites for hydroxylation is 1. The average molecular weight is 383 g/mol. The van der Waals surface area contributed by atoms with E-state index in [4.69, 9.17) is 4.74 Å². The number of piperidine rings is 1. The minimum absolute atomic E-state index is 0.0279. The molecule has 1 aliphatic rings. The van der Waals surface area contributed by atoms with Crippen molar-refractivity contribution in [1.29, 1.82) is 0 Å². The smallest absolute Gasteiger partial charge is 0.317 e. The third-order valence-corrected chi connectivity index (χ3v) is 5.10. The SMILES string of the molecule is COc1ccc(CCC(C)NC(=O)N2CCC(Nc3cccnn3)CC2)cc1. The van der Waals surface area contributed by atoms with E-state index in [0.29, 0.717) is 6.04 Å². The zero-order chi connectivity index (χ0) is 19.8. The third-order valence-electron chi connectivity index (χ3n) is 5.10. The van der Waals surface area contributed by atoms with E-state index in [1.54, 1.807) is 13.3 Å². The van der Waals surface area contributed by atoms with Crippen molar-refractivity contribution in [3.63, 3.8) is 0 Å². The number of rotatable bonds is 7. The van der Waals surface area contributed by atoms with Crippen molar-refractivity contribution in [2.24, 2.45) is 0 Å². The summed E-state index contributed by atoms with van der Waals surface area (Å²) in [6.07, 6.45) is 5.31. The molecule has 2 N–H and O–H groups in total. The molecule has 1 aromatic carbocycles. The lowest BCUT2D eigenvalue weighted by Gasteiger charge is -2.33.